The van der Waals surface area contributed by atoms with Gasteiger partial charge in [0, 0.05) is 10.0 Å². The van der Waals surface area contributed by atoms with E-state index in [0.29, 0.717) is 18.4 Å². The molecule has 2 nitrogen and oxygen atoms in total. The molecule has 0 saturated heterocycles. The number of benzene rings is 3. The van der Waals surface area contributed by atoms with Gasteiger partial charge in [0.15, 0.2) is 5.78 Å². The molecular weight excluding hydrogens is 400 g/mol. The summed E-state index contributed by atoms with van der Waals surface area (Å²) in [7, 11) is 0. The summed E-state index contributed by atoms with van der Waals surface area (Å²) < 4.78 is 0.934. The molecule has 3 heteroatoms. The third-order valence-corrected chi connectivity index (χ3v) is 5.33. The Bertz CT molecular complexity index is 845. The van der Waals surface area contributed by atoms with Crippen LogP contribution in [0.3, 0.4) is 0 Å². The first kappa shape index (κ1) is 19.5. The molecule has 1 N–H and O–H groups in total. The quantitative estimate of drug-likeness (QED) is 0.487. The Morgan fingerprint density at radius 1 is 0.815 bits per heavy atom. The van der Waals surface area contributed by atoms with Gasteiger partial charge in [0.05, 0.1) is 12.0 Å². The van der Waals surface area contributed by atoms with Crippen LogP contribution in [0.1, 0.15) is 27.9 Å². The molecule has 27 heavy (non-hydrogen) atoms. The van der Waals surface area contributed by atoms with Crippen LogP contribution in [0.5, 0.6) is 0 Å². The van der Waals surface area contributed by atoms with Crippen molar-refractivity contribution in [3.05, 3.63) is 106 Å². The molecule has 0 fully saturated rings. The van der Waals surface area contributed by atoms with Crippen LogP contribution in [0.2, 0.25) is 0 Å². The topological polar surface area (TPSA) is 37.3 Å². The molecule has 0 aliphatic rings. The largest absolute Gasteiger partial charge is 0.392 e. The molecule has 0 saturated carbocycles. The molecule has 0 radical (unpaired) electrons. The van der Waals surface area contributed by atoms with E-state index < -0.39 is 12.0 Å². The van der Waals surface area contributed by atoms with Gasteiger partial charge in [0.25, 0.3) is 0 Å². The third-order valence-electron chi connectivity index (χ3n) is 4.80. The number of aryl methyl sites for hydroxylation is 1. The number of hydrogen-bond donors (Lipinski definition) is 1. The molecule has 0 heterocycles. The summed E-state index contributed by atoms with van der Waals surface area (Å²) in [5.74, 6) is -0.468. The van der Waals surface area contributed by atoms with Crippen LogP contribution in [0.4, 0.5) is 0 Å². The molecule has 3 aromatic carbocycles. The van der Waals surface area contributed by atoms with Gasteiger partial charge in [-0.25, -0.2) is 0 Å². The maximum atomic E-state index is 13.1. The molecule has 0 aromatic heterocycles. The maximum Gasteiger partial charge on any atom is 0.168 e. The summed E-state index contributed by atoms with van der Waals surface area (Å²) in [6, 6.07) is 27.3. The number of ketones is 1. The van der Waals surface area contributed by atoms with Crippen molar-refractivity contribution in [2.24, 2.45) is 5.92 Å². The Balaban J connectivity index is 1.77. The van der Waals surface area contributed by atoms with E-state index in [1.807, 2.05) is 72.8 Å². The predicted molar refractivity (Wildman–Crippen MR) is 113 cm³/mol. The Morgan fingerprint density at radius 2 is 1.37 bits per heavy atom. The van der Waals surface area contributed by atoms with Gasteiger partial charge in [-0.2, -0.15) is 0 Å². The summed E-state index contributed by atoms with van der Waals surface area (Å²) in [6.07, 6.45) is 1.15. The van der Waals surface area contributed by atoms with Crippen LogP contribution in [0, 0.1) is 5.92 Å². The molecule has 3 rings (SSSR count). The SMILES string of the molecule is O=C(c1ccc(Br)cc1)[C@H](Cc1ccccc1)[C@@H](O)CCc1ccccc1. The summed E-state index contributed by atoms with van der Waals surface area (Å²) in [5.41, 5.74) is 2.87. The number of rotatable bonds is 8. The highest BCUT2D eigenvalue weighted by Crippen LogP contribution is 2.23. The normalized spacial score (nSPS) is 13.1. The number of halogens is 1. The lowest BCUT2D eigenvalue weighted by molar-refractivity contribution is 0.0652. The van der Waals surface area contributed by atoms with E-state index in [0.717, 1.165) is 16.5 Å². The number of hydrogen-bond acceptors (Lipinski definition) is 2. The van der Waals surface area contributed by atoms with Gasteiger partial charge in [0.2, 0.25) is 0 Å². The molecule has 3 aromatic rings. The van der Waals surface area contributed by atoms with Crippen LogP contribution in [0.25, 0.3) is 0 Å². The zero-order chi connectivity index (χ0) is 19.1. The number of aliphatic hydroxyl groups is 1. The fourth-order valence-corrected chi connectivity index (χ4v) is 3.52. The lowest BCUT2D eigenvalue weighted by Gasteiger charge is -2.22. The molecule has 0 spiro atoms. The Hall–Kier alpha value is -2.23. The van der Waals surface area contributed by atoms with E-state index >= 15 is 0 Å². The Kier molecular flexibility index (Phi) is 6.97. The first-order valence-corrected chi connectivity index (χ1v) is 9.98. The molecule has 2 atom stereocenters. The fourth-order valence-electron chi connectivity index (χ4n) is 3.26. The van der Waals surface area contributed by atoms with Crippen molar-refractivity contribution in [1.29, 1.82) is 0 Å². The van der Waals surface area contributed by atoms with Gasteiger partial charge >= 0.3 is 0 Å². The molecule has 138 valence electrons. The summed E-state index contributed by atoms with van der Waals surface area (Å²) >= 11 is 3.40. The van der Waals surface area contributed by atoms with Gasteiger partial charge in [0.1, 0.15) is 0 Å². The Morgan fingerprint density at radius 3 is 1.96 bits per heavy atom. The van der Waals surface area contributed by atoms with E-state index in [4.69, 9.17) is 0 Å². The van der Waals surface area contributed by atoms with E-state index in [1.54, 1.807) is 0 Å². The zero-order valence-corrected chi connectivity index (χ0v) is 16.7. The second-order valence-corrected chi connectivity index (χ2v) is 7.67. The number of carbonyl (C=O) groups excluding carboxylic acids is 1. The van der Waals surface area contributed by atoms with Crippen LogP contribution >= 0.6 is 15.9 Å². The lowest BCUT2D eigenvalue weighted by atomic mass is 9.84. The van der Waals surface area contributed by atoms with Crippen molar-refractivity contribution in [3.8, 4) is 0 Å². The van der Waals surface area contributed by atoms with Crippen molar-refractivity contribution < 1.29 is 9.90 Å². The highest BCUT2D eigenvalue weighted by Gasteiger charge is 2.27. The maximum absolute atomic E-state index is 13.1. The predicted octanol–water partition coefficient (Wildman–Crippen LogP) is 5.48. The van der Waals surface area contributed by atoms with Crippen LogP contribution in [0.15, 0.2) is 89.4 Å². The van der Waals surface area contributed by atoms with Crippen molar-refractivity contribution >= 4 is 21.7 Å². The second kappa shape index (κ2) is 9.63. The Labute approximate surface area is 169 Å². The highest BCUT2D eigenvalue weighted by atomic mass is 79.9. The van der Waals surface area contributed by atoms with Gasteiger partial charge in [-0.3, -0.25) is 4.79 Å². The van der Waals surface area contributed by atoms with E-state index in [2.05, 4.69) is 28.1 Å². The average Bonchev–Trinajstić information content (AvgIpc) is 2.72. The molecule has 0 bridgehead atoms. The van der Waals surface area contributed by atoms with Gasteiger partial charge < -0.3 is 5.11 Å². The zero-order valence-electron chi connectivity index (χ0n) is 15.1. The van der Waals surface area contributed by atoms with Crippen molar-refractivity contribution in [2.45, 2.75) is 25.4 Å². The third kappa shape index (κ3) is 5.62. The van der Waals surface area contributed by atoms with Crippen LogP contribution in [-0.4, -0.2) is 17.0 Å². The molecule has 0 unspecified atom stereocenters. The minimum absolute atomic E-state index is 0.00749. The number of aliphatic hydroxyl groups excluding tert-OH is 1. The molecular formula is C24H23BrO2. The molecule has 0 aliphatic carbocycles. The fraction of sp³-hybridized carbons (Fsp3) is 0.208. The van der Waals surface area contributed by atoms with E-state index in [-0.39, 0.29) is 5.78 Å². The molecule has 0 aliphatic heterocycles. The van der Waals surface area contributed by atoms with Crippen molar-refractivity contribution in [2.75, 3.05) is 0 Å². The van der Waals surface area contributed by atoms with E-state index in [1.165, 1.54) is 5.56 Å². The minimum Gasteiger partial charge on any atom is -0.392 e. The van der Waals surface area contributed by atoms with Crippen molar-refractivity contribution in [3.63, 3.8) is 0 Å². The van der Waals surface area contributed by atoms with Crippen LogP contribution < -0.4 is 0 Å². The summed E-state index contributed by atoms with van der Waals surface area (Å²) in [5, 5.41) is 10.9. The summed E-state index contributed by atoms with van der Waals surface area (Å²) in [6.45, 7) is 0. The smallest absolute Gasteiger partial charge is 0.168 e. The van der Waals surface area contributed by atoms with Gasteiger partial charge in [-0.05, 0) is 42.5 Å². The van der Waals surface area contributed by atoms with Crippen molar-refractivity contribution in [1.82, 2.24) is 0 Å². The monoisotopic (exact) mass is 422 g/mol. The standard InChI is InChI=1S/C24H23BrO2/c25-21-14-12-20(13-15-21)24(27)22(17-19-9-5-2-6-10-19)23(26)16-11-18-7-3-1-4-8-18/h1-10,12-15,22-23,26H,11,16-17H2/t22-,23+/m1/s1. The second-order valence-electron chi connectivity index (χ2n) is 6.76. The van der Waals surface area contributed by atoms with Gasteiger partial charge in [-0.1, -0.05) is 88.7 Å². The minimum atomic E-state index is -0.693. The summed E-state index contributed by atoms with van der Waals surface area (Å²) in [4.78, 5) is 13.1. The lowest BCUT2D eigenvalue weighted by Crippen LogP contribution is -2.31. The number of carbonyl (C=O) groups is 1. The van der Waals surface area contributed by atoms with E-state index in [9.17, 15) is 9.90 Å². The molecule has 0 amide bonds. The highest BCUT2D eigenvalue weighted by molar-refractivity contribution is 9.10. The average molecular weight is 423 g/mol. The first-order chi connectivity index (χ1) is 13.1. The number of Topliss-reactive ketones (excluding diaryl/α,β-unsaturated/α-hetero) is 1. The van der Waals surface area contributed by atoms with Crippen LogP contribution in [-0.2, 0) is 12.8 Å². The first-order valence-electron chi connectivity index (χ1n) is 9.19. The van der Waals surface area contributed by atoms with Gasteiger partial charge in [-0.15, -0.1) is 0 Å².